The second-order valence-corrected chi connectivity index (χ2v) is 8.14. The van der Waals surface area contributed by atoms with Crippen LogP contribution in [0.25, 0.3) is 10.8 Å². The summed E-state index contributed by atoms with van der Waals surface area (Å²) in [5.74, 6) is 0.595. The fourth-order valence-corrected chi connectivity index (χ4v) is 4.25. The van der Waals surface area contributed by atoms with Crippen LogP contribution in [-0.4, -0.2) is 44.3 Å². The summed E-state index contributed by atoms with van der Waals surface area (Å²) >= 11 is 6.32. The molecule has 1 atom stereocenters. The number of aromatic nitrogens is 1. The number of halogens is 1. The highest BCUT2D eigenvalue weighted by molar-refractivity contribution is 6.30. The highest BCUT2D eigenvalue weighted by Crippen LogP contribution is 2.41. The number of hydrogen-bond acceptors (Lipinski definition) is 5. The second kappa shape index (κ2) is 9.64. The maximum Gasteiger partial charge on any atom is 0.236 e. The van der Waals surface area contributed by atoms with Crippen molar-refractivity contribution in [2.24, 2.45) is 0 Å². The quantitative estimate of drug-likeness (QED) is 0.515. The van der Waals surface area contributed by atoms with Crippen molar-refractivity contribution in [1.82, 2.24) is 10.3 Å². The van der Waals surface area contributed by atoms with E-state index in [0.29, 0.717) is 42.6 Å². The zero-order valence-electron chi connectivity index (χ0n) is 17.5. The van der Waals surface area contributed by atoms with Gasteiger partial charge in [0.15, 0.2) is 0 Å². The SMILES string of the molecule is COCCCNCC1(C(=O)Nc2cncc3ccccc23)CCOc2ccc(Cl)cc21. The summed E-state index contributed by atoms with van der Waals surface area (Å²) in [6.45, 7) is 2.34. The minimum atomic E-state index is -0.817. The van der Waals surface area contributed by atoms with Crippen LogP contribution in [-0.2, 0) is 14.9 Å². The molecule has 1 aliphatic heterocycles. The second-order valence-electron chi connectivity index (χ2n) is 7.71. The van der Waals surface area contributed by atoms with Crippen LogP contribution in [0, 0.1) is 0 Å². The highest BCUT2D eigenvalue weighted by Gasteiger charge is 2.44. The maximum atomic E-state index is 13.8. The van der Waals surface area contributed by atoms with Gasteiger partial charge in [-0.3, -0.25) is 9.78 Å². The van der Waals surface area contributed by atoms with Crippen molar-refractivity contribution >= 4 is 34.0 Å². The number of pyridine rings is 1. The van der Waals surface area contributed by atoms with Crippen LogP contribution in [0.4, 0.5) is 5.69 Å². The normalized spacial score (nSPS) is 17.7. The number of methoxy groups -OCH3 is 1. The molecule has 0 saturated carbocycles. The molecule has 2 N–H and O–H groups in total. The van der Waals surface area contributed by atoms with Crippen molar-refractivity contribution < 1.29 is 14.3 Å². The number of amides is 1. The van der Waals surface area contributed by atoms with Crippen molar-refractivity contribution in [3.8, 4) is 5.75 Å². The van der Waals surface area contributed by atoms with Crippen LogP contribution in [0.15, 0.2) is 54.9 Å². The lowest BCUT2D eigenvalue weighted by Gasteiger charge is -2.38. The molecule has 0 radical (unpaired) electrons. The van der Waals surface area contributed by atoms with Gasteiger partial charge in [0.2, 0.25) is 5.91 Å². The summed E-state index contributed by atoms with van der Waals surface area (Å²) in [4.78, 5) is 18.1. The molecule has 7 heteroatoms. The number of carbonyl (C=O) groups excluding carboxylic acids is 1. The molecule has 0 fully saturated rings. The van der Waals surface area contributed by atoms with Crippen molar-refractivity contribution in [3.05, 3.63) is 65.4 Å². The third-order valence-corrected chi connectivity index (χ3v) is 5.96. The predicted octanol–water partition coefficient (Wildman–Crippen LogP) is 4.17. The van der Waals surface area contributed by atoms with E-state index in [9.17, 15) is 4.79 Å². The van der Waals surface area contributed by atoms with Crippen LogP contribution in [0.3, 0.4) is 0 Å². The van der Waals surface area contributed by atoms with Crippen LogP contribution < -0.4 is 15.4 Å². The first-order valence-electron chi connectivity index (χ1n) is 10.4. The first-order chi connectivity index (χ1) is 15.1. The fourth-order valence-electron chi connectivity index (χ4n) is 4.07. The zero-order valence-corrected chi connectivity index (χ0v) is 18.2. The lowest BCUT2D eigenvalue weighted by atomic mass is 9.74. The number of benzene rings is 2. The minimum Gasteiger partial charge on any atom is -0.493 e. The molecule has 0 spiro atoms. The first-order valence-corrected chi connectivity index (χ1v) is 10.8. The van der Waals surface area contributed by atoms with Crippen LogP contribution >= 0.6 is 11.6 Å². The molecule has 162 valence electrons. The maximum absolute atomic E-state index is 13.8. The van der Waals surface area contributed by atoms with Crippen molar-refractivity contribution in [3.63, 3.8) is 0 Å². The molecule has 4 rings (SSSR count). The molecule has 2 heterocycles. The van der Waals surface area contributed by atoms with Gasteiger partial charge in [0, 0.05) is 54.2 Å². The monoisotopic (exact) mass is 439 g/mol. The molecule has 2 aromatic carbocycles. The lowest BCUT2D eigenvalue weighted by Crippen LogP contribution is -2.51. The Bertz CT molecular complexity index is 1070. The summed E-state index contributed by atoms with van der Waals surface area (Å²) in [7, 11) is 1.68. The molecular formula is C24H26ClN3O3. The summed E-state index contributed by atoms with van der Waals surface area (Å²) in [6, 6.07) is 13.3. The topological polar surface area (TPSA) is 72.5 Å². The molecule has 1 aliphatic rings. The summed E-state index contributed by atoms with van der Waals surface area (Å²) in [6.07, 6.45) is 4.89. The van der Waals surface area contributed by atoms with Gasteiger partial charge in [0.1, 0.15) is 5.75 Å². The predicted molar refractivity (Wildman–Crippen MR) is 123 cm³/mol. The average Bonchev–Trinajstić information content (AvgIpc) is 2.79. The number of ether oxygens (including phenoxy) is 2. The van der Waals surface area contributed by atoms with E-state index in [1.807, 2.05) is 36.4 Å². The third-order valence-electron chi connectivity index (χ3n) is 5.72. The Balaban J connectivity index is 1.68. The Morgan fingerprint density at radius 3 is 3.00 bits per heavy atom. The van der Waals surface area contributed by atoms with E-state index < -0.39 is 5.41 Å². The Labute approximate surface area is 186 Å². The van der Waals surface area contributed by atoms with Gasteiger partial charge in [-0.1, -0.05) is 35.9 Å². The average molecular weight is 440 g/mol. The molecule has 6 nitrogen and oxygen atoms in total. The third kappa shape index (κ3) is 4.51. The van der Waals surface area contributed by atoms with Gasteiger partial charge in [-0.25, -0.2) is 0 Å². The number of fused-ring (bicyclic) bond motifs is 2. The molecule has 0 saturated heterocycles. The Morgan fingerprint density at radius 1 is 1.26 bits per heavy atom. The van der Waals surface area contributed by atoms with Crippen molar-refractivity contribution in [2.45, 2.75) is 18.3 Å². The first kappa shape index (κ1) is 21.6. The number of carbonyl (C=O) groups is 1. The number of rotatable bonds is 8. The van der Waals surface area contributed by atoms with Gasteiger partial charge in [-0.05, 0) is 31.2 Å². The standard InChI is InChI=1S/C24H26ClN3O3/c1-30-11-4-10-26-16-24(9-12-31-22-8-7-18(25)13-20(22)24)23(29)28-21-15-27-14-17-5-2-3-6-19(17)21/h2-3,5-8,13-15,26H,4,9-12,16H2,1H3,(H,28,29). The molecule has 1 aromatic heterocycles. The zero-order chi connectivity index (χ0) is 21.7. The smallest absolute Gasteiger partial charge is 0.236 e. The molecule has 1 amide bonds. The van der Waals surface area contributed by atoms with Gasteiger partial charge >= 0.3 is 0 Å². The summed E-state index contributed by atoms with van der Waals surface area (Å²) in [5.41, 5.74) is 0.677. The van der Waals surface area contributed by atoms with Gasteiger partial charge in [0.05, 0.1) is 23.9 Å². The highest BCUT2D eigenvalue weighted by atomic mass is 35.5. The van der Waals surface area contributed by atoms with Crippen LogP contribution in [0.1, 0.15) is 18.4 Å². The number of hydrogen-bond donors (Lipinski definition) is 2. The Hall–Kier alpha value is -2.67. The van der Waals surface area contributed by atoms with Gasteiger partial charge in [0.25, 0.3) is 0 Å². The van der Waals surface area contributed by atoms with Gasteiger partial charge in [-0.2, -0.15) is 0 Å². The molecule has 3 aromatic rings. The van der Waals surface area contributed by atoms with E-state index in [2.05, 4.69) is 15.6 Å². The van der Waals surface area contributed by atoms with E-state index in [-0.39, 0.29) is 5.91 Å². The van der Waals surface area contributed by atoms with Crippen LogP contribution in [0.5, 0.6) is 5.75 Å². The number of nitrogens with one attached hydrogen (secondary N) is 2. The van der Waals surface area contributed by atoms with E-state index in [0.717, 1.165) is 29.3 Å². The van der Waals surface area contributed by atoms with Gasteiger partial charge in [-0.15, -0.1) is 0 Å². The minimum absolute atomic E-state index is 0.100. The van der Waals surface area contributed by atoms with Crippen molar-refractivity contribution in [1.29, 1.82) is 0 Å². The largest absolute Gasteiger partial charge is 0.493 e. The van der Waals surface area contributed by atoms with Gasteiger partial charge < -0.3 is 20.1 Å². The van der Waals surface area contributed by atoms with E-state index >= 15 is 0 Å². The molecule has 0 aliphatic carbocycles. The van der Waals surface area contributed by atoms with E-state index in [1.165, 1.54) is 0 Å². The van der Waals surface area contributed by atoms with Crippen molar-refractivity contribution in [2.75, 3.05) is 38.7 Å². The Kier molecular flexibility index (Phi) is 6.70. The molecule has 0 bridgehead atoms. The Morgan fingerprint density at radius 2 is 2.13 bits per heavy atom. The lowest BCUT2D eigenvalue weighted by molar-refractivity contribution is -0.122. The van der Waals surface area contributed by atoms with Crippen LogP contribution in [0.2, 0.25) is 5.02 Å². The molecular weight excluding hydrogens is 414 g/mol. The fraction of sp³-hybridized carbons (Fsp3) is 0.333. The molecule has 1 unspecified atom stereocenters. The van der Waals surface area contributed by atoms with E-state index in [4.69, 9.17) is 21.1 Å². The number of anilines is 1. The summed E-state index contributed by atoms with van der Waals surface area (Å²) < 4.78 is 11.0. The molecule has 31 heavy (non-hydrogen) atoms. The van der Waals surface area contributed by atoms with E-state index in [1.54, 1.807) is 25.6 Å². The number of nitrogens with zero attached hydrogens (tertiary/aromatic N) is 1. The summed E-state index contributed by atoms with van der Waals surface area (Å²) in [5, 5.41) is 9.09.